The van der Waals surface area contributed by atoms with Crippen molar-refractivity contribution in [1.82, 2.24) is 4.98 Å². The number of benzene rings is 4. The van der Waals surface area contributed by atoms with Crippen molar-refractivity contribution in [2.45, 2.75) is 0 Å². The van der Waals surface area contributed by atoms with Crippen molar-refractivity contribution >= 4 is 44.4 Å². The first-order chi connectivity index (χ1) is 16.2. The lowest BCUT2D eigenvalue weighted by Crippen LogP contribution is -2.21. The normalized spacial score (nSPS) is 11.3. The molecule has 0 saturated heterocycles. The number of carbonyl (C=O) groups excluding carboxylic acids is 1. The molecule has 0 aliphatic heterocycles. The van der Waals surface area contributed by atoms with Gasteiger partial charge in [0.15, 0.2) is 5.58 Å². The molecule has 1 amide bonds. The van der Waals surface area contributed by atoms with E-state index in [-0.39, 0.29) is 5.56 Å². The van der Waals surface area contributed by atoms with Gasteiger partial charge in [0, 0.05) is 10.8 Å². The van der Waals surface area contributed by atoms with Crippen LogP contribution in [-0.4, -0.2) is 10.9 Å². The van der Waals surface area contributed by atoms with Crippen LogP contribution in [0.25, 0.3) is 44.3 Å². The van der Waals surface area contributed by atoms with E-state index in [1.807, 2.05) is 54.6 Å². The maximum Gasteiger partial charge on any atom is 0.349 e. The molecule has 6 nitrogen and oxygen atoms in total. The number of nitrogens with one attached hydrogen (secondary N) is 1. The monoisotopic (exact) mass is 432 g/mol. The summed E-state index contributed by atoms with van der Waals surface area (Å²) in [5.41, 5.74) is 2.14. The fourth-order valence-corrected chi connectivity index (χ4v) is 3.96. The van der Waals surface area contributed by atoms with E-state index in [2.05, 4.69) is 10.3 Å². The number of anilines is 1. The molecule has 0 radical (unpaired) electrons. The summed E-state index contributed by atoms with van der Waals surface area (Å²) >= 11 is 0. The standard InChI is InChI=1S/C27H16N2O4/c30-25(20-15-17-8-2-6-12-23(17)32-27(20)31)28-21-11-5-4-10-19(21)26-29-22-14-13-16-7-1-3-9-18(16)24(22)33-26/h1-15H,(H,28,30). The highest BCUT2D eigenvalue weighted by atomic mass is 16.4. The van der Waals surface area contributed by atoms with E-state index in [0.29, 0.717) is 33.7 Å². The second-order valence-electron chi connectivity index (χ2n) is 7.64. The summed E-state index contributed by atoms with van der Waals surface area (Å²) in [7, 11) is 0. The number of rotatable bonds is 3. The fraction of sp³-hybridized carbons (Fsp3) is 0. The van der Waals surface area contributed by atoms with Gasteiger partial charge in [0.2, 0.25) is 5.89 Å². The Labute approximate surface area is 187 Å². The number of aromatic nitrogens is 1. The van der Waals surface area contributed by atoms with Crippen molar-refractivity contribution < 1.29 is 13.6 Å². The third kappa shape index (κ3) is 3.25. The number of fused-ring (bicyclic) bond motifs is 4. The van der Waals surface area contributed by atoms with E-state index in [9.17, 15) is 9.59 Å². The van der Waals surface area contributed by atoms with E-state index in [1.165, 1.54) is 6.07 Å². The van der Waals surface area contributed by atoms with E-state index in [4.69, 9.17) is 8.83 Å². The van der Waals surface area contributed by atoms with Gasteiger partial charge in [-0.05, 0) is 35.7 Å². The second kappa shape index (κ2) is 7.46. The smallest absolute Gasteiger partial charge is 0.349 e. The molecule has 6 heteroatoms. The summed E-state index contributed by atoms with van der Waals surface area (Å²) in [5, 5.41) is 5.50. The van der Waals surface area contributed by atoms with Gasteiger partial charge in [-0.15, -0.1) is 0 Å². The van der Waals surface area contributed by atoms with Crippen LogP contribution in [0.15, 0.2) is 105 Å². The highest BCUT2D eigenvalue weighted by Crippen LogP contribution is 2.33. The van der Waals surface area contributed by atoms with E-state index in [0.717, 1.165) is 16.3 Å². The van der Waals surface area contributed by atoms with Crippen LogP contribution in [-0.2, 0) is 0 Å². The first kappa shape index (κ1) is 19.0. The number of hydrogen-bond acceptors (Lipinski definition) is 5. The van der Waals surface area contributed by atoms with Crippen LogP contribution in [0.5, 0.6) is 0 Å². The molecule has 0 aliphatic rings. The summed E-state index contributed by atoms with van der Waals surface area (Å²) < 4.78 is 11.4. The summed E-state index contributed by atoms with van der Waals surface area (Å²) in [5.74, 6) is -0.189. The Balaban J connectivity index is 1.41. The lowest BCUT2D eigenvalue weighted by Gasteiger charge is -2.08. The Bertz CT molecular complexity index is 1750. The van der Waals surface area contributed by atoms with E-state index < -0.39 is 11.5 Å². The minimum atomic E-state index is -0.697. The average molecular weight is 432 g/mol. The molecule has 6 rings (SSSR count). The van der Waals surface area contributed by atoms with Crippen molar-refractivity contribution in [2.75, 3.05) is 5.32 Å². The second-order valence-corrected chi connectivity index (χ2v) is 7.64. The largest absolute Gasteiger partial charge is 0.435 e. The predicted molar refractivity (Wildman–Crippen MR) is 127 cm³/mol. The minimum absolute atomic E-state index is 0.0768. The van der Waals surface area contributed by atoms with Crippen molar-refractivity contribution in [3.8, 4) is 11.5 Å². The van der Waals surface area contributed by atoms with Crippen molar-refractivity contribution in [3.05, 3.63) is 107 Å². The van der Waals surface area contributed by atoms with Crippen LogP contribution in [0.3, 0.4) is 0 Å². The zero-order valence-corrected chi connectivity index (χ0v) is 17.2. The van der Waals surface area contributed by atoms with Crippen molar-refractivity contribution in [2.24, 2.45) is 0 Å². The van der Waals surface area contributed by atoms with Crippen LogP contribution < -0.4 is 10.9 Å². The quantitative estimate of drug-likeness (QED) is 0.346. The number of nitrogens with zero attached hydrogens (tertiary/aromatic N) is 1. The molecule has 0 atom stereocenters. The van der Waals surface area contributed by atoms with Gasteiger partial charge in [-0.2, -0.15) is 0 Å². The van der Waals surface area contributed by atoms with Crippen LogP contribution in [0.1, 0.15) is 10.4 Å². The topological polar surface area (TPSA) is 85.3 Å². The molecule has 1 N–H and O–H groups in total. The van der Waals surface area contributed by atoms with E-state index >= 15 is 0 Å². The van der Waals surface area contributed by atoms with Gasteiger partial charge in [0.05, 0.1) is 11.3 Å². The molecule has 2 aromatic heterocycles. The van der Waals surface area contributed by atoms with Crippen LogP contribution >= 0.6 is 0 Å². The summed E-state index contributed by atoms with van der Waals surface area (Å²) in [6, 6.07) is 27.6. The summed E-state index contributed by atoms with van der Waals surface area (Å²) in [6.45, 7) is 0. The number of oxazole rings is 1. The van der Waals surface area contributed by atoms with Gasteiger partial charge in [-0.1, -0.05) is 60.7 Å². The number of amides is 1. The van der Waals surface area contributed by atoms with Gasteiger partial charge in [0.1, 0.15) is 16.7 Å². The molecule has 158 valence electrons. The van der Waals surface area contributed by atoms with Crippen LogP contribution in [0.2, 0.25) is 0 Å². The third-order valence-corrected chi connectivity index (χ3v) is 5.57. The molecule has 2 heterocycles. The van der Waals surface area contributed by atoms with Gasteiger partial charge < -0.3 is 14.2 Å². The van der Waals surface area contributed by atoms with Crippen molar-refractivity contribution in [1.29, 1.82) is 0 Å². The highest BCUT2D eigenvalue weighted by Gasteiger charge is 2.18. The molecule has 6 aromatic rings. The minimum Gasteiger partial charge on any atom is -0.435 e. The molecule has 0 aliphatic carbocycles. The Hall–Kier alpha value is -4.71. The molecule has 0 spiro atoms. The van der Waals surface area contributed by atoms with Crippen LogP contribution in [0.4, 0.5) is 5.69 Å². The maximum absolute atomic E-state index is 13.0. The molecule has 0 bridgehead atoms. The number of carbonyl (C=O) groups is 1. The lowest BCUT2D eigenvalue weighted by molar-refractivity contribution is 0.102. The first-order valence-corrected chi connectivity index (χ1v) is 10.4. The molecule has 0 fully saturated rings. The van der Waals surface area contributed by atoms with Crippen LogP contribution in [0, 0.1) is 0 Å². The van der Waals surface area contributed by atoms with Gasteiger partial charge in [-0.3, -0.25) is 4.79 Å². The predicted octanol–water partition coefficient (Wildman–Crippen LogP) is 6.01. The lowest BCUT2D eigenvalue weighted by atomic mass is 10.1. The Morgan fingerprint density at radius 2 is 1.55 bits per heavy atom. The molecule has 0 unspecified atom stereocenters. The average Bonchev–Trinajstić information content (AvgIpc) is 3.29. The summed E-state index contributed by atoms with van der Waals surface area (Å²) in [4.78, 5) is 30.0. The summed E-state index contributed by atoms with van der Waals surface area (Å²) in [6.07, 6.45) is 0. The zero-order valence-electron chi connectivity index (χ0n) is 17.2. The Morgan fingerprint density at radius 1 is 0.788 bits per heavy atom. The Morgan fingerprint density at radius 3 is 2.45 bits per heavy atom. The number of hydrogen-bond donors (Lipinski definition) is 1. The fourth-order valence-electron chi connectivity index (χ4n) is 3.96. The Kier molecular flexibility index (Phi) is 4.30. The highest BCUT2D eigenvalue weighted by molar-refractivity contribution is 6.07. The maximum atomic E-state index is 13.0. The first-order valence-electron chi connectivity index (χ1n) is 10.4. The molecular formula is C27H16N2O4. The van der Waals surface area contributed by atoms with Gasteiger partial charge in [0.25, 0.3) is 5.91 Å². The molecule has 4 aromatic carbocycles. The SMILES string of the molecule is O=C(Nc1ccccc1-c1nc2ccc3ccccc3c2o1)c1cc2ccccc2oc1=O. The van der Waals surface area contributed by atoms with E-state index in [1.54, 1.807) is 30.3 Å². The van der Waals surface area contributed by atoms with Gasteiger partial charge >= 0.3 is 5.63 Å². The molecule has 0 saturated carbocycles. The number of para-hydroxylation sites is 2. The third-order valence-electron chi connectivity index (χ3n) is 5.57. The van der Waals surface area contributed by atoms with Crippen molar-refractivity contribution in [3.63, 3.8) is 0 Å². The zero-order chi connectivity index (χ0) is 22.4. The molecule has 33 heavy (non-hydrogen) atoms. The molecular weight excluding hydrogens is 416 g/mol. The van der Waals surface area contributed by atoms with Gasteiger partial charge in [-0.25, -0.2) is 9.78 Å².